The Morgan fingerprint density at radius 3 is 0.689 bits per heavy atom. The van der Waals surface area contributed by atoms with Crippen LogP contribution in [-0.2, 0) is 56.5 Å². The number of carbonyl (C=O) groups is 8. The van der Waals surface area contributed by atoms with Crippen molar-refractivity contribution < 1.29 is 65.2 Å². The highest BCUT2D eigenvalue weighted by atomic mass is 128. The fourth-order valence-electron chi connectivity index (χ4n) is 7.81. The van der Waals surface area contributed by atoms with E-state index in [0.29, 0.717) is 49.3 Å². The van der Waals surface area contributed by atoms with Gasteiger partial charge in [-0.15, -0.1) is 0 Å². The molecule has 12 radical (unpaired) electrons. The fraction of sp³-hybridized carbons (Fsp3) is 0.739. The summed E-state index contributed by atoms with van der Waals surface area (Å²) in [5.74, 6) is 3.71. The first-order valence-corrected chi connectivity index (χ1v) is 33.5. The lowest BCUT2D eigenvalue weighted by Crippen LogP contribution is -2.09. The van der Waals surface area contributed by atoms with Gasteiger partial charge in [0.15, 0.2) is 0 Å². The topological polar surface area (TPSA) is 173 Å². The molecule has 16 unspecified atom stereocenters. The molecule has 12 nitrogen and oxygen atoms in total. The average Bonchev–Trinajstić information content (AvgIpc) is 4.34. The second kappa shape index (κ2) is 78.8. The highest BCUT2D eigenvalue weighted by molar-refractivity contribution is 15.0. The van der Waals surface area contributed by atoms with Gasteiger partial charge < -0.3 is 56.5 Å². The molecule has 0 heterocycles. The van der Waals surface area contributed by atoms with Gasteiger partial charge in [-0.05, 0) is 101 Å². The van der Waals surface area contributed by atoms with Crippen LogP contribution in [0.4, 0.5) is 8.78 Å². The predicted octanol–water partition coefficient (Wildman–Crippen LogP) is 11.4. The van der Waals surface area contributed by atoms with Crippen LogP contribution in [0, 0.1) is 23.7 Å². The maximum absolute atomic E-state index is 13.0. The lowest BCUT2D eigenvalue weighted by Gasteiger charge is -2.12. The van der Waals surface area contributed by atoms with Gasteiger partial charge >= 0.3 is 0 Å². The van der Waals surface area contributed by atoms with E-state index in [0.717, 1.165) is 97.1 Å². The van der Waals surface area contributed by atoms with E-state index in [1.807, 2.05) is 54.3 Å². The first kappa shape index (κ1) is 94.8. The Kier molecular flexibility index (Phi) is 101. The molecule has 0 amide bonds. The summed E-state index contributed by atoms with van der Waals surface area (Å²) in [6, 6.07) is 0. The molecule has 0 bridgehead atoms. The molecule has 0 aromatic carbocycles. The first-order chi connectivity index (χ1) is 35.7. The molecule has 28 heteroatoms. The normalized spacial score (nSPS) is 26.7. The molecule has 0 aromatic rings. The fourth-order valence-corrected chi connectivity index (χ4v) is 11.0. The third-order valence-electron chi connectivity index (χ3n) is 11.1. The Balaban J connectivity index is -0.0000000928. The molecule has 0 spiro atoms. The first-order valence-electron chi connectivity index (χ1n) is 22.9. The quantitative estimate of drug-likeness (QED) is 0.0596. The molecule has 16 atom stereocenters. The second-order valence-electron chi connectivity index (χ2n) is 16.1. The largest absolute Gasteiger partial charge is 0.366 e. The molecule has 0 N–H and O–H groups in total. The Hall–Kier alpha value is 1.57. The van der Waals surface area contributed by atoms with Gasteiger partial charge in [-0.25, -0.2) is 8.78 Å². The van der Waals surface area contributed by atoms with Gasteiger partial charge in [-0.1, -0.05) is 130 Å². The Bertz CT molecular complexity index is 1020. The van der Waals surface area contributed by atoms with Crippen LogP contribution in [0.5, 0.6) is 0 Å². The molecule has 74 heavy (non-hydrogen) atoms. The summed E-state index contributed by atoms with van der Waals surface area (Å²) in [6.07, 6.45) is 22.8. The molecule has 0 saturated heterocycles. The molecule has 0 aromatic heterocycles. The average molecular weight is 1560 g/mol. The number of allylic oxidation sites excluding steroid dienone is 4. The van der Waals surface area contributed by atoms with E-state index in [-0.39, 0.29) is 23.5 Å². The summed E-state index contributed by atoms with van der Waals surface area (Å²) in [7, 11) is 42.8. The third kappa shape index (κ3) is 61.2. The van der Waals surface area contributed by atoms with Crippen LogP contribution in [-0.4, -0.2) is 148 Å². The van der Waals surface area contributed by atoms with E-state index in [9.17, 15) is 8.78 Å². The monoisotopic (exact) mass is 1560 g/mol. The molecule has 4 saturated carbocycles. The molecule has 6 aliphatic carbocycles. The van der Waals surface area contributed by atoms with E-state index < -0.39 is 12.3 Å². The van der Waals surface area contributed by atoms with Gasteiger partial charge in [-0.3, -0.25) is 0 Å². The molecular weight excluding hydrogens is 1480 g/mol. The van der Waals surface area contributed by atoms with Crippen molar-refractivity contribution in [1.82, 2.24) is 0 Å². The van der Waals surface area contributed by atoms with Gasteiger partial charge in [0.2, 0.25) is 0 Å². The standard InChI is InChI=1S/2C7H13BFOP.2C7H13BIOP.2C5H7B.8CH2O.I2/c4*8-6-3-5(1-2-10-11)7(9)4-6;2*6-5-3-1-2-4-5;9*1-2/h4*5-7H,1-4,11H2;2*1-2,5H,3-4H2;8*1H2;. The van der Waals surface area contributed by atoms with E-state index in [4.69, 9.17) is 104 Å². The maximum Gasteiger partial charge on any atom is 0.106 e. The zero-order chi connectivity index (χ0) is 59.9. The minimum absolute atomic E-state index is 0.0690. The summed E-state index contributed by atoms with van der Waals surface area (Å²) in [4.78, 5) is 64.0. The maximum atomic E-state index is 13.0. The van der Waals surface area contributed by atoms with Crippen LogP contribution in [0.25, 0.3) is 0 Å². The summed E-state index contributed by atoms with van der Waals surface area (Å²) >= 11 is 9.25. The second-order valence-corrected chi connectivity index (χ2v) is 20.6. The SMILES string of the molecule is C=O.C=O.C=O.C=O.C=O.C=O.C=O.C=O.II.[B]C1CC(F)C(CCOP)C1.[B]C1CC(F)C(CCOP)C1.[B]C1CC(I)C(CCOP)C1.[B]C1CC(I)C(CCOP)C1.[B]C1CC=CC1.[B]C1CC=CC1. The number of halogens is 6. The number of hydrogen-bond acceptors (Lipinski definition) is 12. The minimum Gasteiger partial charge on any atom is -0.366 e. The third-order valence-corrected chi connectivity index (χ3v) is 15.1. The summed E-state index contributed by atoms with van der Waals surface area (Å²) in [5, 5.41) is 0. The van der Waals surface area contributed by atoms with Crippen LogP contribution in [0.2, 0.25) is 34.9 Å². The molecule has 6 aliphatic rings. The predicted molar refractivity (Wildman–Crippen MR) is 356 cm³/mol. The molecule has 4 fully saturated rings. The smallest absolute Gasteiger partial charge is 0.106 e. The van der Waals surface area contributed by atoms with Crippen molar-refractivity contribution in [3.63, 3.8) is 0 Å². The summed E-state index contributed by atoms with van der Waals surface area (Å²) in [5.41, 5.74) is 0. The van der Waals surface area contributed by atoms with Gasteiger partial charge in [0.1, 0.15) is 66.7 Å². The Labute approximate surface area is 514 Å². The highest BCUT2D eigenvalue weighted by Crippen LogP contribution is 2.41. The van der Waals surface area contributed by atoms with Gasteiger partial charge in [0.05, 0.1) is 73.5 Å². The Morgan fingerprint density at radius 2 is 0.554 bits per heavy atom. The molecular formula is C46H82B6F2I4O12P4. The van der Waals surface area contributed by atoms with Crippen molar-refractivity contribution >= 4 is 222 Å². The van der Waals surface area contributed by atoms with Crippen molar-refractivity contribution in [3.05, 3.63) is 24.3 Å². The zero-order valence-corrected chi connectivity index (χ0v) is 56.4. The van der Waals surface area contributed by atoms with Crippen molar-refractivity contribution in [2.45, 2.75) is 158 Å². The minimum atomic E-state index is -0.704. The molecule has 418 valence electrons. The van der Waals surface area contributed by atoms with Crippen LogP contribution in [0.1, 0.15) is 103 Å². The van der Waals surface area contributed by atoms with E-state index >= 15 is 0 Å². The van der Waals surface area contributed by atoms with E-state index in [1.54, 1.807) is 0 Å². The summed E-state index contributed by atoms with van der Waals surface area (Å²) < 4.78 is 47.1. The van der Waals surface area contributed by atoms with Gasteiger partial charge in [-0.2, -0.15) is 0 Å². The van der Waals surface area contributed by atoms with Crippen molar-refractivity contribution in [2.75, 3.05) is 26.4 Å². The lowest BCUT2D eigenvalue weighted by molar-refractivity contribution is -0.0987. The molecule has 6 rings (SSSR count). The van der Waals surface area contributed by atoms with Crippen LogP contribution in [0.15, 0.2) is 24.3 Å². The van der Waals surface area contributed by atoms with Crippen LogP contribution >= 0.6 is 120 Å². The zero-order valence-electron chi connectivity index (χ0n) is 43.1. The van der Waals surface area contributed by atoms with Crippen LogP contribution in [0.3, 0.4) is 0 Å². The van der Waals surface area contributed by atoms with Crippen molar-refractivity contribution in [1.29, 1.82) is 0 Å². The number of carbonyl (C=O) groups excluding carboxylic acids is 8. The van der Waals surface area contributed by atoms with Gasteiger partial charge in [0.25, 0.3) is 0 Å². The van der Waals surface area contributed by atoms with E-state index in [2.05, 4.69) is 145 Å². The van der Waals surface area contributed by atoms with Crippen LogP contribution < -0.4 is 0 Å². The van der Waals surface area contributed by atoms with Crippen molar-refractivity contribution in [3.8, 4) is 0 Å². The number of rotatable bonds is 12. The summed E-state index contributed by atoms with van der Waals surface area (Å²) in [6.45, 7) is 18.9. The Morgan fingerprint density at radius 1 is 0.365 bits per heavy atom. The van der Waals surface area contributed by atoms with E-state index in [1.165, 1.54) is 25.7 Å². The van der Waals surface area contributed by atoms with Gasteiger partial charge in [0, 0.05) is 82.9 Å². The van der Waals surface area contributed by atoms with Crippen molar-refractivity contribution in [2.24, 2.45) is 23.7 Å². The number of hydrogen-bond donors (Lipinski definition) is 0. The molecule has 0 aliphatic heterocycles. The number of alkyl halides is 4. The lowest BCUT2D eigenvalue weighted by atomic mass is 9.85. The highest BCUT2D eigenvalue weighted by Gasteiger charge is 2.32.